The highest BCUT2D eigenvalue weighted by Crippen LogP contribution is 2.23. The molecule has 3 heteroatoms. The largest absolute Gasteiger partial charge is 0.457 e. The Balaban J connectivity index is 2.20. The molecule has 0 spiro atoms. The Kier molecular flexibility index (Phi) is 3.43. The third kappa shape index (κ3) is 2.72. The number of rotatable bonds is 2. The molecule has 0 saturated carbocycles. The summed E-state index contributed by atoms with van der Waals surface area (Å²) in [5.41, 5.74) is 0.586. The van der Waals surface area contributed by atoms with Crippen LogP contribution in [0.2, 0.25) is 0 Å². The molecule has 0 amide bonds. The molecule has 0 saturated heterocycles. The summed E-state index contributed by atoms with van der Waals surface area (Å²) in [5, 5.41) is 0. The fourth-order valence-corrected chi connectivity index (χ4v) is 1.68. The molecule has 0 radical (unpaired) electrons. The molecule has 1 nitrogen and oxygen atoms in total. The average molecular weight is 328 g/mol. The summed E-state index contributed by atoms with van der Waals surface area (Å²) < 4.78 is 19.8. The highest BCUT2D eigenvalue weighted by molar-refractivity contribution is 14.1. The van der Waals surface area contributed by atoms with Crippen molar-refractivity contribution in [3.8, 4) is 11.5 Å². The Morgan fingerprint density at radius 1 is 1.00 bits per heavy atom. The van der Waals surface area contributed by atoms with Crippen molar-refractivity contribution in [3.63, 3.8) is 0 Å². The van der Waals surface area contributed by atoms with Crippen LogP contribution in [-0.4, -0.2) is 0 Å². The minimum atomic E-state index is -0.213. The smallest absolute Gasteiger partial charge is 0.127 e. The number of ether oxygens (including phenoxy) is 1. The van der Waals surface area contributed by atoms with E-state index in [1.807, 2.05) is 24.3 Å². The van der Waals surface area contributed by atoms with Gasteiger partial charge >= 0.3 is 0 Å². The van der Waals surface area contributed by atoms with Gasteiger partial charge in [0.05, 0.1) is 0 Å². The molecular formula is C13H10FIO. The van der Waals surface area contributed by atoms with Crippen molar-refractivity contribution in [2.45, 2.75) is 6.92 Å². The van der Waals surface area contributed by atoms with Crippen molar-refractivity contribution < 1.29 is 9.13 Å². The van der Waals surface area contributed by atoms with Gasteiger partial charge in [-0.2, -0.15) is 0 Å². The van der Waals surface area contributed by atoms with Crippen molar-refractivity contribution in [2.24, 2.45) is 0 Å². The maximum absolute atomic E-state index is 13.0. The zero-order valence-corrected chi connectivity index (χ0v) is 10.9. The van der Waals surface area contributed by atoms with Crippen molar-refractivity contribution in [1.82, 2.24) is 0 Å². The van der Waals surface area contributed by atoms with Gasteiger partial charge in [-0.15, -0.1) is 0 Å². The number of halogens is 2. The first-order chi connectivity index (χ1) is 7.65. The average Bonchev–Trinajstić information content (AvgIpc) is 2.27. The van der Waals surface area contributed by atoms with Gasteiger partial charge in [-0.05, 0) is 77.5 Å². The highest BCUT2D eigenvalue weighted by atomic mass is 127. The van der Waals surface area contributed by atoms with E-state index < -0.39 is 0 Å². The van der Waals surface area contributed by atoms with Crippen LogP contribution in [0.5, 0.6) is 11.5 Å². The topological polar surface area (TPSA) is 9.23 Å². The number of benzene rings is 2. The van der Waals surface area contributed by atoms with E-state index in [0.717, 1.165) is 9.32 Å². The zero-order chi connectivity index (χ0) is 11.5. The first-order valence-electron chi connectivity index (χ1n) is 4.85. The third-order valence-corrected chi connectivity index (χ3v) is 2.90. The number of hydrogen-bond acceptors (Lipinski definition) is 1. The highest BCUT2D eigenvalue weighted by Gasteiger charge is 2.01. The number of hydrogen-bond donors (Lipinski definition) is 0. The Labute approximate surface area is 107 Å². The summed E-state index contributed by atoms with van der Waals surface area (Å²) in [4.78, 5) is 0. The Morgan fingerprint density at radius 3 is 2.25 bits per heavy atom. The SMILES string of the molecule is Cc1cc(Oc2ccc(I)cc2)ccc1F. The van der Waals surface area contributed by atoms with E-state index in [0.29, 0.717) is 11.3 Å². The van der Waals surface area contributed by atoms with Crippen LogP contribution >= 0.6 is 22.6 Å². The molecule has 0 fully saturated rings. The normalized spacial score (nSPS) is 10.2. The number of aryl methyl sites for hydroxylation is 1. The van der Waals surface area contributed by atoms with E-state index >= 15 is 0 Å². The quantitative estimate of drug-likeness (QED) is 0.736. The minimum absolute atomic E-state index is 0.213. The van der Waals surface area contributed by atoms with Crippen LogP contribution in [0.1, 0.15) is 5.56 Å². The van der Waals surface area contributed by atoms with E-state index in [-0.39, 0.29) is 5.82 Å². The van der Waals surface area contributed by atoms with Gasteiger partial charge in [-0.1, -0.05) is 0 Å². The van der Waals surface area contributed by atoms with Gasteiger partial charge in [0.25, 0.3) is 0 Å². The third-order valence-electron chi connectivity index (χ3n) is 2.18. The van der Waals surface area contributed by atoms with Crippen molar-refractivity contribution in [2.75, 3.05) is 0 Å². The molecule has 0 aliphatic carbocycles. The molecule has 82 valence electrons. The molecule has 2 rings (SSSR count). The lowest BCUT2D eigenvalue weighted by Gasteiger charge is -2.06. The molecule has 0 heterocycles. The zero-order valence-electron chi connectivity index (χ0n) is 8.71. The molecule has 16 heavy (non-hydrogen) atoms. The Bertz CT molecular complexity index is 494. The van der Waals surface area contributed by atoms with Crippen LogP contribution in [0.15, 0.2) is 42.5 Å². The molecule has 0 aliphatic heterocycles. The second-order valence-electron chi connectivity index (χ2n) is 3.47. The predicted octanol–water partition coefficient (Wildman–Crippen LogP) is 4.53. The van der Waals surface area contributed by atoms with Gasteiger partial charge in [-0.3, -0.25) is 0 Å². The van der Waals surface area contributed by atoms with Gasteiger partial charge in [-0.25, -0.2) is 4.39 Å². The molecule has 0 aliphatic rings. The van der Waals surface area contributed by atoms with Gasteiger partial charge in [0, 0.05) is 3.57 Å². The monoisotopic (exact) mass is 328 g/mol. The fourth-order valence-electron chi connectivity index (χ4n) is 1.32. The van der Waals surface area contributed by atoms with Crippen LogP contribution in [-0.2, 0) is 0 Å². The van der Waals surface area contributed by atoms with Crippen molar-refractivity contribution in [1.29, 1.82) is 0 Å². The van der Waals surface area contributed by atoms with Gasteiger partial charge in [0.1, 0.15) is 17.3 Å². The summed E-state index contributed by atoms with van der Waals surface area (Å²) in [5.74, 6) is 1.20. The molecule has 0 unspecified atom stereocenters. The summed E-state index contributed by atoms with van der Waals surface area (Å²) in [6, 6.07) is 12.4. The Morgan fingerprint density at radius 2 is 1.62 bits per heavy atom. The molecule has 0 aromatic heterocycles. The van der Waals surface area contributed by atoms with Gasteiger partial charge in [0.2, 0.25) is 0 Å². The maximum atomic E-state index is 13.0. The molecule has 2 aromatic rings. The van der Waals surface area contributed by atoms with Crippen molar-refractivity contribution in [3.05, 3.63) is 57.4 Å². The molecular weight excluding hydrogens is 318 g/mol. The molecule has 0 N–H and O–H groups in total. The van der Waals surface area contributed by atoms with Gasteiger partial charge < -0.3 is 4.74 Å². The van der Waals surface area contributed by atoms with E-state index in [1.54, 1.807) is 19.1 Å². The summed E-state index contributed by atoms with van der Waals surface area (Å²) in [6.45, 7) is 1.72. The summed E-state index contributed by atoms with van der Waals surface area (Å²) >= 11 is 2.23. The lowest BCUT2D eigenvalue weighted by atomic mass is 10.2. The van der Waals surface area contributed by atoms with Gasteiger partial charge in [0.15, 0.2) is 0 Å². The van der Waals surface area contributed by atoms with Crippen LogP contribution in [0.4, 0.5) is 4.39 Å². The minimum Gasteiger partial charge on any atom is -0.457 e. The van der Waals surface area contributed by atoms with Crippen LogP contribution in [0.25, 0.3) is 0 Å². The predicted molar refractivity (Wildman–Crippen MR) is 70.4 cm³/mol. The van der Waals surface area contributed by atoms with Crippen LogP contribution in [0, 0.1) is 16.3 Å². The standard InChI is InChI=1S/C13H10FIO/c1-9-8-12(6-7-13(9)14)16-11-4-2-10(15)3-5-11/h2-8H,1H3. The first kappa shape index (κ1) is 11.4. The van der Waals surface area contributed by atoms with Crippen LogP contribution in [0.3, 0.4) is 0 Å². The van der Waals surface area contributed by atoms with E-state index in [1.165, 1.54) is 6.07 Å². The Hall–Kier alpha value is -1.10. The summed E-state index contributed by atoms with van der Waals surface area (Å²) in [6.07, 6.45) is 0. The fraction of sp³-hybridized carbons (Fsp3) is 0.0769. The molecule has 0 atom stereocenters. The maximum Gasteiger partial charge on any atom is 0.127 e. The van der Waals surface area contributed by atoms with Crippen molar-refractivity contribution >= 4 is 22.6 Å². The second kappa shape index (κ2) is 4.82. The molecule has 2 aromatic carbocycles. The summed E-state index contributed by atoms with van der Waals surface area (Å²) in [7, 11) is 0. The van der Waals surface area contributed by atoms with E-state index in [2.05, 4.69) is 22.6 Å². The molecule has 0 bridgehead atoms. The first-order valence-corrected chi connectivity index (χ1v) is 5.92. The second-order valence-corrected chi connectivity index (χ2v) is 4.71. The lowest BCUT2D eigenvalue weighted by molar-refractivity contribution is 0.479. The van der Waals surface area contributed by atoms with E-state index in [4.69, 9.17) is 4.74 Å². The van der Waals surface area contributed by atoms with E-state index in [9.17, 15) is 4.39 Å². The lowest BCUT2D eigenvalue weighted by Crippen LogP contribution is -1.87. The van der Waals surface area contributed by atoms with Crippen LogP contribution < -0.4 is 4.74 Å².